The van der Waals surface area contributed by atoms with Crippen LogP contribution in [0.15, 0.2) is 29.3 Å². The molecule has 2 N–H and O–H groups in total. The summed E-state index contributed by atoms with van der Waals surface area (Å²) in [6, 6.07) is 6.75. The molecular formula is C20H30F2IN5O2. The van der Waals surface area contributed by atoms with Gasteiger partial charge in [-0.3, -0.25) is 9.67 Å². The van der Waals surface area contributed by atoms with Crippen molar-refractivity contribution in [3.05, 3.63) is 41.2 Å². The molecule has 10 heteroatoms. The first-order chi connectivity index (χ1) is 13.8. The van der Waals surface area contributed by atoms with Crippen LogP contribution < -0.4 is 20.1 Å². The Labute approximate surface area is 193 Å². The van der Waals surface area contributed by atoms with Crippen LogP contribution in [0.4, 0.5) is 8.78 Å². The van der Waals surface area contributed by atoms with E-state index in [9.17, 15) is 8.78 Å². The number of nitrogens with one attached hydrogen (secondary N) is 2. The molecule has 0 saturated carbocycles. The van der Waals surface area contributed by atoms with E-state index in [4.69, 9.17) is 4.74 Å². The van der Waals surface area contributed by atoms with Gasteiger partial charge in [-0.15, -0.1) is 24.0 Å². The van der Waals surface area contributed by atoms with Crippen molar-refractivity contribution in [3.63, 3.8) is 0 Å². The minimum atomic E-state index is -2.89. The number of aromatic nitrogens is 2. The smallest absolute Gasteiger partial charge is 0.387 e. The molecule has 168 valence electrons. The van der Waals surface area contributed by atoms with Gasteiger partial charge in [0, 0.05) is 37.9 Å². The summed E-state index contributed by atoms with van der Waals surface area (Å²) < 4.78 is 37.0. The van der Waals surface area contributed by atoms with Crippen LogP contribution in [0.5, 0.6) is 11.5 Å². The van der Waals surface area contributed by atoms with Crippen LogP contribution in [0.25, 0.3) is 0 Å². The first-order valence-electron chi connectivity index (χ1n) is 9.39. The van der Waals surface area contributed by atoms with Gasteiger partial charge in [-0.1, -0.05) is 6.92 Å². The molecule has 0 aliphatic heterocycles. The molecule has 7 nitrogen and oxygen atoms in total. The number of ether oxygens (including phenoxy) is 2. The van der Waals surface area contributed by atoms with Gasteiger partial charge in [0.1, 0.15) is 11.5 Å². The molecule has 0 amide bonds. The van der Waals surface area contributed by atoms with Gasteiger partial charge >= 0.3 is 6.61 Å². The number of aryl methyl sites for hydroxylation is 2. The van der Waals surface area contributed by atoms with Gasteiger partial charge in [0.2, 0.25) is 0 Å². The second-order valence-corrected chi connectivity index (χ2v) is 6.87. The second-order valence-electron chi connectivity index (χ2n) is 6.87. The molecule has 0 saturated heterocycles. The maximum absolute atomic E-state index is 12.6. The SMILES string of the molecule is CN=C(NCc1cc(OC)ccc1OC(F)F)NCC(C)Cn1nc(C)cc1C.I. The first-order valence-corrected chi connectivity index (χ1v) is 9.39. The molecule has 1 aromatic heterocycles. The Bertz CT molecular complexity index is 830. The molecule has 2 aromatic rings. The molecule has 2 rings (SSSR count). The third kappa shape index (κ3) is 7.96. The third-order valence-electron chi connectivity index (χ3n) is 4.36. The highest BCUT2D eigenvalue weighted by Crippen LogP contribution is 2.25. The zero-order chi connectivity index (χ0) is 21.4. The Hall–Kier alpha value is -2.11. The van der Waals surface area contributed by atoms with Gasteiger partial charge in [-0.2, -0.15) is 13.9 Å². The van der Waals surface area contributed by atoms with E-state index in [1.807, 2.05) is 24.6 Å². The number of guanidine groups is 1. The molecular weight excluding hydrogens is 507 g/mol. The lowest BCUT2D eigenvalue weighted by Crippen LogP contribution is -2.39. The Morgan fingerprint density at radius 1 is 1.23 bits per heavy atom. The standard InChI is InChI=1S/C20H29F2N5O2.HI/c1-13(12-27-15(3)8-14(2)26-27)10-24-20(23-4)25-11-16-9-17(28-5)6-7-18(16)29-19(21)22;/h6-9,13,19H,10-12H2,1-5H3,(H2,23,24,25);1H. The van der Waals surface area contributed by atoms with Crippen molar-refractivity contribution >= 4 is 29.9 Å². The van der Waals surface area contributed by atoms with Crippen molar-refractivity contribution in [1.29, 1.82) is 0 Å². The van der Waals surface area contributed by atoms with E-state index in [2.05, 4.69) is 32.4 Å². The zero-order valence-corrected chi connectivity index (χ0v) is 20.2. The van der Waals surface area contributed by atoms with E-state index in [1.54, 1.807) is 19.2 Å². The zero-order valence-electron chi connectivity index (χ0n) is 17.9. The van der Waals surface area contributed by atoms with Crippen molar-refractivity contribution in [2.75, 3.05) is 20.7 Å². The fourth-order valence-corrected chi connectivity index (χ4v) is 2.92. The number of alkyl halides is 2. The van der Waals surface area contributed by atoms with Crippen LogP contribution in [-0.4, -0.2) is 43.1 Å². The summed E-state index contributed by atoms with van der Waals surface area (Å²) >= 11 is 0. The summed E-state index contributed by atoms with van der Waals surface area (Å²) in [5, 5.41) is 10.9. The molecule has 0 radical (unpaired) electrons. The Balaban J connectivity index is 0.00000450. The van der Waals surface area contributed by atoms with Crippen LogP contribution in [0.2, 0.25) is 0 Å². The van der Waals surface area contributed by atoms with Crippen molar-refractivity contribution in [1.82, 2.24) is 20.4 Å². The van der Waals surface area contributed by atoms with Crippen molar-refractivity contribution in [2.45, 2.75) is 40.5 Å². The summed E-state index contributed by atoms with van der Waals surface area (Å²) in [7, 11) is 3.17. The summed E-state index contributed by atoms with van der Waals surface area (Å²) in [6.45, 7) is 4.95. The number of halogens is 3. The number of benzene rings is 1. The average Bonchev–Trinajstić information content (AvgIpc) is 2.99. The number of aliphatic imine (C=N–C) groups is 1. The molecule has 30 heavy (non-hydrogen) atoms. The highest BCUT2D eigenvalue weighted by molar-refractivity contribution is 14.0. The molecule has 1 atom stereocenters. The summed E-state index contributed by atoms with van der Waals surface area (Å²) in [4.78, 5) is 4.19. The normalized spacial score (nSPS) is 12.3. The van der Waals surface area contributed by atoms with Gasteiger partial charge in [0.25, 0.3) is 0 Å². The van der Waals surface area contributed by atoms with Crippen LogP contribution >= 0.6 is 24.0 Å². The Morgan fingerprint density at radius 3 is 2.53 bits per heavy atom. The second kappa shape index (κ2) is 12.6. The molecule has 1 heterocycles. The third-order valence-corrected chi connectivity index (χ3v) is 4.36. The van der Waals surface area contributed by atoms with E-state index >= 15 is 0 Å². The summed E-state index contributed by atoms with van der Waals surface area (Å²) in [5.41, 5.74) is 2.67. The molecule has 0 bridgehead atoms. The molecule has 1 unspecified atom stereocenters. The molecule has 1 aromatic carbocycles. The first kappa shape index (κ1) is 25.9. The maximum Gasteiger partial charge on any atom is 0.387 e. The van der Waals surface area contributed by atoms with Gasteiger partial charge in [0.05, 0.1) is 12.8 Å². The lowest BCUT2D eigenvalue weighted by molar-refractivity contribution is -0.0505. The topological polar surface area (TPSA) is 72.7 Å². The molecule has 0 spiro atoms. The van der Waals surface area contributed by atoms with E-state index in [0.29, 0.717) is 29.7 Å². The van der Waals surface area contributed by atoms with Crippen LogP contribution in [0.1, 0.15) is 23.9 Å². The van der Waals surface area contributed by atoms with E-state index < -0.39 is 6.61 Å². The van der Waals surface area contributed by atoms with Gasteiger partial charge in [0.15, 0.2) is 5.96 Å². The predicted octanol–water partition coefficient (Wildman–Crippen LogP) is 3.73. The minimum absolute atomic E-state index is 0. The molecule has 0 aliphatic rings. The number of rotatable bonds is 9. The number of hydrogen-bond donors (Lipinski definition) is 2. The van der Waals surface area contributed by atoms with Gasteiger partial charge in [-0.25, -0.2) is 0 Å². The average molecular weight is 537 g/mol. The molecule has 0 fully saturated rings. The summed E-state index contributed by atoms with van der Waals surface area (Å²) in [5.74, 6) is 1.53. The van der Waals surface area contributed by atoms with E-state index in [1.165, 1.54) is 13.2 Å². The number of methoxy groups -OCH3 is 1. The van der Waals surface area contributed by atoms with Gasteiger partial charge in [-0.05, 0) is 44.0 Å². The lowest BCUT2D eigenvalue weighted by atomic mass is 10.2. The van der Waals surface area contributed by atoms with Crippen molar-refractivity contribution in [3.8, 4) is 11.5 Å². The van der Waals surface area contributed by atoms with E-state index in [-0.39, 0.29) is 36.3 Å². The minimum Gasteiger partial charge on any atom is -0.497 e. The largest absolute Gasteiger partial charge is 0.497 e. The number of nitrogens with zero attached hydrogens (tertiary/aromatic N) is 3. The van der Waals surface area contributed by atoms with Crippen molar-refractivity contribution in [2.24, 2.45) is 10.9 Å². The Morgan fingerprint density at radius 2 is 1.97 bits per heavy atom. The highest BCUT2D eigenvalue weighted by Gasteiger charge is 2.12. The fourth-order valence-electron chi connectivity index (χ4n) is 2.92. The Kier molecular flexibility index (Phi) is 10.8. The summed E-state index contributed by atoms with van der Waals surface area (Å²) in [6.07, 6.45) is 0. The highest BCUT2D eigenvalue weighted by atomic mass is 127. The van der Waals surface area contributed by atoms with Crippen LogP contribution in [0.3, 0.4) is 0 Å². The predicted molar refractivity (Wildman–Crippen MR) is 124 cm³/mol. The number of hydrogen-bond acceptors (Lipinski definition) is 4. The van der Waals surface area contributed by atoms with Gasteiger partial charge < -0.3 is 20.1 Å². The maximum atomic E-state index is 12.6. The molecule has 0 aliphatic carbocycles. The van der Waals surface area contributed by atoms with Crippen LogP contribution in [0, 0.1) is 19.8 Å². The van der Waals surface area contributed by atoms with Crippen LogP contribution in [-0.2, 0) is 13.1 Å². The fraction of sp³-hybridized carbons (Fsp3) is 0.500. The van der Waals surface area contributed by atoms with Crippen molar-refractivity contribution < 1.29 is 18.3 Å². The monoisotopic (exact) mass is 537 g/mol. The lowest BCUT2D eigenvalue weighted by Gasteiger charge is -2.18. The van der Waals surface area contributed by atoms with E-state index in [0.717, 1.165) is 17.9 Å². The quantitative estimate of drug-likeness (QED) is 0.290.